The molecule has 8 heteroatoms. The molecule has 0 aliphatic rings. The molecule has 0 bridgehead atoms. The van der Waals surface area contributed by atoms with Crippen molar-refractivity contribution >= 4 is 33.5 Å². The van der Waals surface area contributed by atoms with E-state index in [1.807, 2.05) is 12.1 Å². The van der Waals surface area contributed by atoms with Crippen LogP contribution in [0.2, 0.25) is 5.02 Å². The summed E-state index contributed by atoms with van der Waals surface area (Å²) in [6.45, 7) is 0.432. The predicted octanol–water partition coefficient (Wildman–Crippen LogP) is 2.62. The second-order valence-corrected chi connectivity index (χ2v) is 5.17. The van der Waals surface area contributed by atoms with E-state index in [4.69, 9.17) is 16.7 Å². The van der Waals surface area contributed by atoms with Gasteiger partial charge in [0.15, 0.2) is 5.82 Å². The minimum Gasteiger partial charge on any atom is -0.481 e. The van der Waals surface area contributed by atoms with E-state index in [2.05, 4.69) is 31.5 Å². The summed E-state index contributed by atoms with van der Waals surface area (Å²) < 4.78 is 2.42. The van der Waals surface area contributed by atoms with E-state index in [0.717, 1.165) is 4.47 Å². The normalized spacial score (nSPS) is 10.6. The Morgan fingerprint density at radius 3 is 2.95 bits per heavy atom. The molecule has 0 saturated heterocycles. The Hall–Kier alpha value is -1.47. The fraction of sp³-hybridized carbons (Fsp3) is 0.273. The lowest BCUT2D eigenvalue weighted by atomic mass is 10.2. The van der Waals surface area contributed by atoms with E-state index in [1.54, 1.807) is 10.7 Å². The molecule has 1 aromatic heterocycles. The van der Waals surface area contributed by atoms with E-state index in [0.29, 0.717) is 29.4 Å². The number of hydrogen-bond acceptors (Lipinski definition) is 4. The maximum Gasteiger partial charge on any atom is 0.303 e. The third-order valence-electron chi connectivity index (χ3n) is 2.46. The number of aromatic nitrogens is 4. The van der Waals surface area contributed by atoms with Crippen LogP contribution >= 0.6 is 27.5 Å². The van der Waals surface area contributed by atoms with Crippen molar-refractivity contribution in [3.8, 4) is 11.4 Å². The van der Waals surface area contributed by atoms with Crippen LogP contribution in [0, 0.1) is 0 Å². The molecule has 19 heavy (non-hydrogen) atoms. The Bertz CT molecular complexity index is 602. The lowest BCUT2D eigenvalue weighted by Crippen LogP contribution is -2.05. The monoisotopic (exact) mass is 344 g/mol. The Kier molecular flexibility index (Phi) is 4.49. The highest BCUT2D eigenvalue weighted by Gasteiger charge is 2.12. The van der Waals surface area contributed by atoms with Gasteiger partial charge in [-0.1, -0.05) is 27.5 Å². The van der Waals surface area contributed by atoms with E-state index >= 15 is 0 Å². The first kappa shape index (κ1) is 14.0. The van der Waals surface area contributed by atoms with Gasteiger partial charge in [-0.15, -0.1) is 5.10 Å². The van der Waals surface area contributed by atoms with Crippen molar-refractivity contribution in [2.45, 2.75) is 19.4 Å². The predicted molar refractivity (Wildman–Crippen MR) is 72.8 cm³/mol. The van der Waals surface area contributed by atoms with Gasteiger partial charge in [-0.25, -0.2) is 4.68 Å². The van der Waals surface area contributed by atoms with Gasteiger partial charge in [-0.3, -0.25) is 4.79 Å². The molecule has 0 atom stereocenters. The number of tetrazole rings is 1. The fourth-order valence-corrected chi connectivity index (χ4v) is 2.36. The highest BCUT2D eigenvalue weighted by molar-refractivity contribution is 9.10. The van der Waals surface area contributed by atoms with Crippen LogP contribution in [0.15, 0.2) is 22.7 Å². The first-order chi connectivity index (χ1) is 9.08. The number of carbonyl (C=O) groups is 1. The van der Waals surface area contributed by atoms with Crippen molar-refractivity contribution in [2.24, 2.45) is 0 Å². The van der Waals surface area contributed by atoms with Crippen LogP contribution in [0.4, 0.5) is 0 Å². The molecule has 0 aliphatic heterocycles. The smallest absolute Gasteiger partial charge is 0.303 e. The minimum atomic E-state index is -0.837. The average Bonchev–Trinajstić information content (AvgIpc) is 2.77. The third kappa shape index (κ3) is 3.51. The number of benzene rings is 1. The van der Waals surface area contributed by atoms with Crippen molar-refractivity contribution in [3.05, 3.63) is 27.7 Å². The third-order valence-corrected chi connectivity index (χ3v) is 3.27. The van der Waals surface area contributed by atoms with Crippen molar-refractivity contribution in [1.29, 1.82) is 0 Å². The summed E-state index contributed by atoms with van der Waals surface area (Å²) in [6, 6.07) is 5.41. The van der Waals surface area contributed by atoms with Crippen LogP contribution in [-0.4, -0.2) is 31.3 Å². The standard InChI is InChI=1S/C11H10BrClN4O2/c12-7-3-4-8(9(13)6-7)11-14-15-16-17(11)5-1-2-10(18)19/h3-4,6H,1-2,5H2,(H,18,19). The van der Waals surface area contributed by atoms with Gasteiger partial charge in [0, 0.05) is 23.0 Å². The van der Waals surface area contributed by atoms with Crippen molar-refractivity contribution < 1.29 is 9.90 Å². The van der Waals surface area contributed by atoms with Gasteiger partial charge < -0.3 is 5.11 Å². The first-order valence-corrected chi connectivity index (χ1v) is 6.68. The van der Waals surface area contributed by atoms with Crippen LogP contribution < -0.4 is 0 Å². The van der Waals surface area contributed by atoms with E-state index in [9.17, 15) is 4.79 Å². The molecular formula is C11H10BrClN4O2. The minimum absolute atomic E-state index is 0.0768. The van der Waals surface area contributed by atoms with Crippen LogP contribution in [0.25, 0.3) is 11.4 Å². The van der Waals surface area contributed by atoms with E-state index < -0.39 is 5.97 Å². The molecule has 2 rings (SSSR count). The highest BCUT2D eigenvalue weighted by atomic mass is 79.9. The summed E-state index contributed by atoms with van der Waals surface area (Å²) in [5.41, 5.74) is 0.713. The fourth-order valence-electron chi connectivity index (χ4n) is 1.60. The summed E-state index contributed by atoms with van der Waals surface area (Å²) in [4.78, 5) is 10.5. The van der Waals surface area contributed by atoms with Gasteiger partial charge in [-0.05, 0) is 35.0 Å². The molecule has 2 aromatic rings. The first-order valence-electron chi connectivity index (χ1n) is 5.51. The quantitative estimate of drug-likeness (QED) is 0.901. The van der Waals surface area contributed by atoms with Gasteiger partial charge >= 0.3 is 5.97 Å². The number of aliphatic carboxylic acids is 1. The molecule has 100 valence electrons. The van der Waals surface area contributed by atoms with Crippen molar-refractivity contribution in [2.75, 3.05) is 0 Å². The second kappa shape index (κ2) is 6.12. The zero-order chi connectivity index (χ0) is 13.8. The second-order valence-electron chi connectivity index (χ2n) is 3.85. The van der Waals surface area contributed by atoms with Crippen LogP contribution in [0.1, 0.15) is 12.8 Å². The van der Waals surface area contributed by atoms with Gasteiger partial charge in [0.1, 0.15) is 0 Å². The lowest BCUT2D eigenvalue weighted by Gasteiger charge is -2.05. The molecule has 0 radical (unpaired) electrons. The van der Waals surface area contributed by atoms with Crippen molar-refractivity contribution in [3.63, 3.8) is 0 Å². The number of hydrogen-bond donors (Lipinski definition) is 1. The zero-order valence-corrected chi connectivity index (χ0v) is 12.1. The largest absolute Gasteiger partial charge is 0.481 e. The number of rotatable bonds is 5. The molecule has 1 aromatic carbocycles. The van der Waals surface area contributed by atoms with Crippen LogP contribution in [0.3, 0.4) is 0 Å². The number of carboxylic acids is 1. The van der Waals surface area contributed by atoms with Gasteiger partial charge in [0.05, 0.1) is 5.02 Å². The summed E-state index contributed by atoms with van der Waals surface area (Å²) >= 11 is 9.47. The number of carboxylic acid groups (broad SMARTS) is 1. The summed E-state index contributed by atoms with van der Waals surface area (Å²) in [6.07, 6.45) is 0.537. The van der Waals surface area contributed by atoms with Gasteiger partial charge in [0.2, 0.25) is 0 Å². The Labute approximate surface area is 122 Å². The Morgan fingerprint density at radius 2 is 2.26 bits per heavy atom. The van der Waals surface area contributed by atoms with Crippen molar-refractivity contribution in [1.82, 2.24) is 20.2 Å². The number of halogens is 2. The zero-order valence-electron chi connectivity index (χ0n) is 9.75. The Balaban J connectivity index is 2.21. The molecule has 0 fully saturated rings. The van der Waals surface area contributed by atoms with Crippen LogP contribution in [-0.2, 0) is 11.3 Å². The molecule has 0 aliphatic carbocycles. The number of nitrogens with zero attached hydrogens (tertiary/aromatic N) is 4. The molecule has 0 amide bonds. The lowest BCUT2D eigenvalue weighted by molar-refractivity contribution is -0.137. The molecule has 0 spiro atoms. The van der Waals surface area contributed by atoms with Crippen LogP contribution in [0.5, 0.6) is 0 Å². The Morgan fingerprint density at radius 1 is 1.47 bits per heavy atom. The highest BCUT2D eigenvalue weighted by Crippen LogP contribution is 2.28. The topological polar surface area (TPSA) is 80.9 Å². The summed E-state index contributed by atoms with van der Waals surface area (Å²) in [7, 11) is 0. The molecule has 6 nitrogen and oxygen atoms in total. The number of aryl methyl sites for hydroxylation is 1. The molecule has 1 heterocycles. The van der Waals surface area contributed by atoms with Gasteiger partial charge in [0.25, 0.3) is 0 Å². The average molecular weight is 346 g/mol. The maximum absolute atomic E-state index is 10.5. The molecule has 0 unspecified atom stereocenters. The van der Waals surface area contributed by atoms with E-state index in [-0.39, 0.29) is 6.42 Å². The van der Waals surface area contributed by atoms with Gasteiger partial charge in [-0.2, -0.15) is 0 Å². The molecule has 1 N–H and O–H groups in total. The maximum atomic E-state index is 10.5. The summed E-state index contributed by atoms with van der Waals surface area (Å²) in [5.74, 6) is -0.306. The molecule has 0 saturated carbocycles. The summed E-state index contributed by atoms with van der Waals surface area (Å²) in [5, 5.41) is 20.5. The molecular weight excluding hydrogens is 336 g/mol. The SMILES string of the molecule is O=C(O)CCCn1nnnc1-c1ccc(Br)cc1Cl. The van der Waals surface area contributed by atoms with E-state index in [1.165, 1.54) is 0 Å².